The number of hydrogen-bond donors (Lipinski definition) is 1. The van der Waals surface area contributed by atoms with Crippen molar-refractivity contribution in [2.75, 3.05) is 6.54 Å². The largest absolute Gasteiger partial charge is 0.294 e. The van der Waals surface area contributed by atoms with Crippen LogP contribution >= 0.6 is 0 Å². The normalized spacial score (nSPS) is 22.9. The molecule has 0 aliphatic carbocycles. The molecule has 64 valence electrons. The number of benzene rings is 1. The van der Waals surface area contributed by atoms with Gasteiger partial charge in [0, 0.05) is 6.54 Å². The zero-order valence-electron chi connectivity index (χ0n) is 7.21. The molecule has 0 bridgehead atoms. The predicted octanol–water partition coefficient (Wildman–Crippen LogP) is 1.96. The van der Waals surface area contributed by atoms with Crippen molar-refractivity contribution in [1.82, 2.24) is 5.48 Å². The van der Waals surface area contributed by atoms with E-state index < -0.39 is 0 Å². The SMILES string of the molecule is Cc1ccc(C2CCNO2)cc1. The first-order chi connectivity index (χ1) is 5.86. The first-order valence-electron chi connectivity index (χ1n) is 4.31. The van der Waals surface area contributed by atoms with Crippen molar-refractivity contribution in [1.29, 1.82) is 0 Å². The molecule has 1 unspecified atom stereocenters. The van der Waals surface area contributed by atoms with Gasteiger partial charge in [-0.1, -0.05) is 29.8 Å². The summed E-state index contributed by atoms with van der Waals surface area (Å²) in [6.45, 7) is 3.05. The summed E-state index contributed by atoms with van der Waals surface area (Å²) in [6, 6.07) is 8.51. The maximum absolute atomic E-state index is 5.33. The summed E-state index contributed by atoms with van der Waals surface area (Å²) in [6.07, 6.45) is 1.33. The Bertz CT molecular complexity index is 249. The minimum absolute atomic E-state index is 0.255. The van der Waals surface area contributed by atoms with Crippen LogP contribution in [0.4, 0.5) is 0 Å². The molecule has 2 heteroatoms. The molecule has 1 heterocycles. The lowest BCUT2D eigenvalue weighted by Gasteiger charge is -2.07. The van der Waals surface area contributed by atoms with Gasteiger partial charge >= 0.3 is 0 Å². The lowest BCUT2D eigenvalue weighted by molar-refractivity contribution is 0.0336. The van der Waals surface area contributed by atoms with Crippen LogP contribution < -0.4 is 5.48 Å². The average Bonchev–Trinajstić information content (AvgIpc) is 2.58. The highest BCUT2D eigenvalue weighted by molar-refractivity contribution is 5.23. The molecule has 1 N–H and O–H groups in total. The Morgan fingerprint density at radius 2 is 2.08 bits per heavy atom. The fourth-order valence-electron chi connectivity index (χ4n) is 1.42. The van der Waals surface area contributed by atoms with Crippen LogP contribution in [0.15, 0.2) is 24.3 Å². The van der Waals surface area contributed by atoms with E-state index in [1.165, 1.54) is 11.1 Å². The maximum atomic E-state index is 5.33. The van der Waals surface area contributed by atoms with Crippen molar-refractivity contribution in [2.24, 2.45) is 0 Å². The average molecular weight is 163 g/mol. The standard InChI is InChI=1S/C10H13NO/c1-8-2-4-9(5-3-8)10-6-7-11-12-10/h2-5,10-11H,6-7H2,1H3. The molecule has 1 aromatic rings. The van der Waals surface area contributed by atoms with E-state index in [0.29, 0.717) is 0 Å². The summed E-state index contributed by atoms with van der Waals surface area (Å²) in [5.74, 6) is 0. The quantitative estimate of drug-likeness (QED) is 0.683. The molecule has 0 spiro atoms. The van der Waals surface area contributed by atoms with Gasteiger partial charge in [0.15, 0.2) is 0 Å². The highest BCUT2D eigenvalue weighted by Crippen LogP contribution is 2.23. The maximum Gasteiger partial charge on any atom is 0.105 e. The topological polar surface area (TPSA) is 21.3 Å². The van der Waals surface area contributed by atoms with E-state index in [1.54, 1.807) is 0 Å². The summed E-state index contributed by atoms with van der Waals surface area (Å²) in [5.41, 5.74) is 5.45. The molecule has 1 aliphatic rings. The van der Waals surface area contributed by atoms with Crippen LogP contribution in [-0.2, 0) is 4.84 Å². The molecular formula is C10H13NO. The number of rotatable bonds is 1. The molecule has 1 aliphatic heterocycles. The fraction of sp³-hybridized carbons (Fsp3) is 0.400. The molecule has 0 aromatic heterocycles. The van der Waals surface area contributed by atoms with Gasteiger partial charge < -0.3 is 0 Å². The summed E-state index contributed by atoms with van der Waals surface area (Å²) >= 11 is 0. The number of hydroxylamine groups is 1. The summed E-state index contributed by atoms with van der Waals surface area (Å²) in [4.78, 5) is 5.33. The van der Waals surface area contributed by atoms with E-state index in [1.807, 2.05) is 0 Å². The van der Waals surface area contributed by atoms with Crippen LogP contribution in [0.1, 0.15) is 23.7 Å². The third-order valence-electron chi connectivity index (χ3n) is 2.18. The van der Waals surface area contributed by atoms with E-state index in [2.05, 4.69) is 36.7 Å². The van der Waals surface area contributed by atoms with Crippen molar-refractivity contribution < 1.29 is 4.84 Å². The van der Waals surface area contributed by atoms with Crippen LogP contribution in [-0.4, -0.2) is 6.54 Å². The molecule has 0 radical (unpaired) electrons. The smallest absolute Gasteiger partial charge is 0.105 e. The molecule has 1 atom stereocenters. The van der Waals surface area contributed by atoms with Crippen molar-refractivity contribution >= 4 is 0 Å². The van der Waals surface area contributed by atoms with Crippen molar-refractivity contribution in [3.63, 3.8) is 0 Å². The van der Waals surface area contributed by atoms with Gasteiger partial charge in [0.1, 0.15) is 6.10 Å². The predicted molar refractivity (Wildman–Crippen MR) is 47.6 cm³/mol. The second-order valence-electron chi connectivity index (χ2n) is 3.20. The van der Waals surface area contributed by atoms with Crippen LogP contribution in [0.2, 0.25) is 0 Å². The van der Waals surface area contributed by atoms with Crippen LogP contribution in [0, 0.1) is 6.92 Å². The molecular weight excluding hydrogens is 150 g/mol. The van der Waals surface area contributed by atoms with Gasteiger partial charge in [0.25, 0.3) is 0 Å². The van der Waals surface area contributed by atoms with Gasteiger partial charge in [-0.05, 0) is 18.9 Å². The lowest BCUT2D eigenvalue weighted by Crippen LogP contribution is -2.04. The second-order valence-corrected chi connectivity index (χ2v) is 3.20. The highest BCUT2D eigenvalue weighted by Gasteiger charge is 2.16. The molecule has 1 fully saturated rings. The monoisotopic (exact) mass is 163 g/mol. The first-order valence-corrected chi connectivity index (χ1v) is 4.31. The van der Waals surface area contributed by atoms with Crippen LogP contribution in [0.25, 0.3) is 0 Å². The zero-order chi connectivity index (χ0) is 8.39. The number of nitrogens with one attached hydrogen (secondary N) is 1. The molecule has 0 saturated carbocycles. The molecule has 1 aromatic carbocycles. The Hall–Kier alpha value is -0.860. The second kappa shape index (κ2) is 3.25. The van der Waals surface area contributed by atoms with Crippen LogP contribution in [0.3, 0.4) is 0 Å². The first kappa shape index (κ1) is 7.77. The van der Waals surface area contributed by atoms with E-state index in [0.717, 1.165) is 13.0 Å². The Labute approximate surface area is 72.5 Å². The third kappa shape index (κ3) is 1.49. The van der Waals surface area contributed by atoms with E-state index in [4.69, 9.17) is 4.84 Å². The molecule has 1 saturated heterocycles. The molecule has 2 rings (SSSR count). The fourth-order valence-corrected chi connectivity index (χ4v) is 1.42. The minimum atomic E-state index is 0.255. The van der Waals surface area contributed by atoms with E-state index in [9.17, 15) is 0 Å². The van der Waals surface area contributed by atoms with Gasteiger partial charge in [-0.2, -0.15) is 0 Å². The molecule has 0 amide bonds. The summed E-state index contributed by atoms with van der Waals surface area (Å²) < 4.78 is 0. The van der Waals surface area contributed by atoms with Gasteiger partial charge in [-0.3, -0.25) is 4.84 Å². The van der Waals surface area contributed by atoms with Gasteiger partial charge in [-0.15, -0.1) is 0 Å². The Kier molecular flexibility index (Phi) is 2.11. The minimum Gasteiger partial charge on any atom is -0.294 e. The summed E-state index contributed by atoms with van der Waals surface area (Å²) in [7, 11) is 0. The Balaban J connectivity index is 2.17. The van der Waals surface area contributed by atoms with E-state index >= 15 is 0 Å². The highest BCUT2D eigenvalue weighted by atomic mass is 16.7. The number of hydrogen-bond acceptors (Lipinski definition) is 2. The zero-order valence-corrected chi connectivity index (χ0v) is 7.21. The Morgan fingerprint density at radius 1 is 1.33 bits per heavy atom. The third-order valence-corrected chi connectivity index (χ3v) is 2.18. The van der Waals surface area contributed by atoms with Crippen LogP contribution in [0.5, 0.6) is 0 Å². The van der Waals surface area contributed by atoms with E-state index in [-0.39, 0.29) is 6.10 Å². The van der Waals surface area contributed by atoms with Gasteiger partial charge in [0.2, 0.25) is 0 Å². The summed E-state index contributed by atoms with van der Waals surface area (Å²) in [5, 5.41) is 0. The number of aryl methyl sites for hydroxylation is 1. The lowest BCUT2D eigenvalue weighted by atomic mass is 10.1. The van der Waals surface area contributed by atoms with Crippen molar-refractivity contribution in [3.8, 4) is 0 Å². The molecule has 2 nitrogen and oxygen atoms in total. The van der Waals surface area contributed by atoms with Crippen molar-refractivity contribution in [3.05, 3.63) is 35.4 Å². The van der Waals surface area contributed by atoms with Gasteiger partial charge in [0.05, 0.1) is 0 Å². The van der Waals surface area contributed by atoms with Crippen molar-refractivity contribution in [2.45, 2.75) is 19.4 Å². The molecule has 12 heavy (non-hydrogen) atoms. The van der Waals surface area contributed by atoms with Gasteiger partial charge in [-0.25, -0.2) is 5.48 Å². The Morgan fingerprint density at radius 3 is 2.67 bits per heavy atom.